The first kappa shape index (κ1) is 19.1. The van der Waals surface area contributed by atoms with Crippen LogP contribution in [0.15, 0.2) is 29.3 Å². The SMILES string of the molecule is CCOCc1ccc(CNC(=NC)N2CCC(N3CCOCC3)C2)cc1. The van der Waals surface area contributed by atoms with Crippen LogP contribution in [0.3, 0.4) is 0 Å². The molecule has 0 aromatic heterocycles. The molecule has 6 heteroatoms. The zero-order chi connectivity index (χ0) is 18.2. The van der Waals surface area contributed by atoms with Crippen molar-refractivity contribution in [2.24, 2.45) is 4.99 Å². The second kappa shape index (κ2) is 9.90. The lowest BCUT2D eigenvalue weighted by Gasteiger charge is -2.32. The normalized spacial score (nSPS) is 22.0. The van der Waals surface area contributed by atoms with Gasteiger partial charge in [-0.25, -0.2) is 0 Å². The summed E-state index contributed by atoms with van der Waals surface area (Å²) in [6, 6.07) is 9.22. The van der Waals surface area contributed by atoms with Gasteiger partial charge in [-0.1, -0.05) is 24.3 Å². The van der Waals surface area contributed by atoms with Gasteiger partial charge in [-0.15, -0.1) is 0 Å². The van der Waals surface area contributed by atoms with Gasteiger partial charge in [0.05, 0.1) is 19.8 Å². The van der Waals surface area contributed by atoms with E-state index >= 15 is 0 Å². The van der Waals surface area contributed by atoms with Gasteiger partial charge in [-0.2, -0.15) is 0 Å². The highest BCUT2D eigenvalue weighted by Crippen LogP contribution is 2.17. The number of likely N-dealkylation sites (tertiary alicyclic amines) is 1. The maximum Gasteiger partial charge on any atom is 0.193 e. The number of aliphatic imine (C=N–C) groups is 1. The van der Waals surface area contributed by atoms with E-state index in [1.54, 1.807) is 0 Å². The molecule has 1 atom stereocenters. The molecule has 1 N–H and O–H groups in total. The summed E-state index contributed by atoms with van der Waals surface area (Å²) in [6.07, 6.45) is 1.20. The van der Waals surface area contributed by atoms with Crippen LogP contribution in [-0.4, -0.2) is 74.8 Å². The minimum absolute atomic E-state index is 0.621. The highest BCUT2D eigenvalue weighted by molar-refractivity contribution is 5.80. The van der Waals surface area contributed by atoms with Crippen molar-refractivity contribution in [2.45, 2.75) is 32.5 Å². The molecule has 0 spiro atoms. The summed E-state index contributed by atoms with van der Waals surface area (Å²) in [4.78, 5) is 9.43. The molecule has 1 aromatic carbocycles. The van der Waals surface area contributed by atoms with Gasteiger partial charge in [0.2, 0.25) is 0 Å². The molecule has 1 unspecified atom stereocenters. The van der Waals surface area contributed by atoms with Crippen LogP contribution < -0.4 is 5.32 Å². The molecule has 0 aliphatic carbocycles. The van der Waals surface area contributed by atoms with Gasteiger partial charge in [0.25, 0.3) is 0 Å². The van der Waals surface area contributed by atoms with Crippen molar-refractivity contribution in [3.05, 3.63) is 35.4 Å². The smallest absolute Gasteiger partial charge is 0.193 e. The van der Waals surface area contributed by atoms with E-state index < -0.39 is 0 Å². The predicted molar refractivity (Wildman–Crippen MR) is 104 cm³/mol. The summed E-state index contributed by atoms with van der Waals surface area (Å²) in [5, 5.41) is 3.52. The molecule has 2 aliphatic heterocycles. The van der Waals surface area contributed by atoms with Crippen molar-refractivity contribution in [2.75, 3.05) is 53.0 Å². The maximum atomic E-state index is 5.47. The number of morpholine rings is 1. The van der Waals surface area contributed by atoms with Crippen molar-refractivity contribution < 1.29 is 9.47 Å². The average molecular weight is 361 g/mol. The summed E-state index contributed by atoms with van der Waals surface area (Å²) < 4.78 is 10.9. The number of benzene rings is 1. The lowest BCUT2D eigenvalue weighted by atomic mass is 10.1. The number of nitrogens with zero attached hydrogens (tertiary/aromatic N) is 3. The van der Waals surface area contributed by atoms with E-state index in [1.165, 1.54) is 17.5 Å². The standard InChI is InChI=1S/C20H32N4O2/c1-3-25-16-18-6-4-17(5-7-18)14-22-20(21-2)24-9-8-19(15-24)23-10-12-26-13-11-23/h4-7,19H,3,8-16H2,1-2H3,(H,21,22). The summed E-state index contributed by atoms with van der Waals surface area (Å²) >= 11 is 0. The molecule has 6 nitrogen and oxygen atoms in total. The summed E-state index contributed by atoms with van der Waals surface area (Å²) in [5.41, 5.74) is 2.48. The van der Waals surface area contributed by atoms with E-state index in [-0.39, 0.29) is 0 Å². The molecule has 0 bridgehead atoms. The van der Waals surface area contributed by atoms with Crippen LogP contribution >= 0.6 is 0 Å². The number of guanidine groups is 1. The van der Waals surface area contributed by atoms with E-state index in [2.05, 4.69) is 44.4 Å². The Balaban J connectivity index is 1.47. The van der Waals surface area contributed by atoms with Crippen LogP contribution in [0.4, 0.5) is 0 Å². The molecular formula is C20H32N4O2. The number of nitrogens with one attached hydrogen (secondary N) is 1. The Bertz CT molecular complexity index is 570. The highest BCUT2D eigenvalue weighted by atomic mass is 16.5. The number of rotatable bonds is 6. The molecule has 0 radical (unpaired) electrons. The van der Waals surface area contributed by atoms with Crippen molar-refractivity contribution in [3.63, 3.8) is 0 Å². The van der Waals surface area contributed by atoms with Crippen molar-refractivity contribution in [1.82, 2.24) is 15.1 Å². The maximum absolute atomic E-state index is 5.47. The molecule has 2 saturated heterocycles. The largest absolute Gasteiger partial charge is 0.379 e. The van der Waals surface area contributed by atoms with Crippen molar-refractivity contribution in [3.8, 4) is 0 Å². The third-order valence-electron chi connectivity index (χ3n) is 5.18. The lowest BCUT2D eigenvalue weighted by molar-refractivity contribution is 0.0195. The van der Waals surface area contributed by atoms with Gasteiger partial charge in [0.15, 0.2) is 5.96 Å². The van der Waals surface area contributed by atoms with Crippen LogP contribution in [0.1, 0.15) is 24.5 Å². The molecule has 26 heavy (non-hydrogen) atoms. The molecule has 144 valence electrons. The molecule has 3 rings (SSSR count). The van der Waals surface area contributed by atoms with E-state index in [1.807, 2.05) is 14.0 Å². The Morgan fingerprint density at radius 2 is 1.92 bits per heavy atom. The first-order valence-electron chi connectivity index (χ1n) is 9.73. The van der Waals surface area contributed by atoms with Gasteiger partial charge in [0, 0.05) is 52.4 Å². The van der Waals surface area contributed by atoms with Crippen LogP contribution in [0.2, 0.25) is 0 Å². The Morgan fingerprint density at radius 3 is 2.62 bits per heavy atom. The number of hydrogen-bond acceptors (Lipinski definition) is 4. The van der Waals surface area contributed by atoms with Gasteiger partial charge in [-0.05, 0) is 24.5 Å². The Morgan fingerprint density at radius 1 is 1.19 bits per heavy atom. The Kier molecular flexibility index (Phi) is 7.29. The number of hydrogen-bond donors (Lipinski definition) is 1. The quantitative estimate of drug-likeness (QED) is 0.618. The van der Waals surface area contributed by atoms with Gasteiger partial charge >= 0.3 is 0 Å². The fourth-order valence-electron chi connectivity index (χ4n) is 3.66. The van der Waals surface area contributed by atoms with E-state index in [0.29, 0.717) is 12.6 Å². The minimum atomic E-state index is 0.621. The van der Waals surface area contributed by atoms with E-state index in [0.717, 1.165) is 58.5 Å². The zero-order valence-corrected chi connectivity index (χ0v) is 16.1. The highest BCUT2D eigenvalue weighted by Gasteiger charge is 2.30. The molecule has 0 saturated carbocycles. The first-order chi connectivity index (χ1) is 12.8. The lowest BCUT2D eigenvalue weighted by Crippen LogP contribution is -2.46. The number of ether oxygens (including phenoxy) is 2. The van der Waals surface area contributed by atoms with Crippen LogP contribution in [0, 0.1) is 0 Å². The van der Waals surface area contributed by atoms with Gasteiger partial charge < -0.3 is 19.7 Å². The van der Waals surface area contributed by atoms with Crippen LogP contribution in [0.25, 0.3) is 0 Å². The molecular weight excluding hydrogens is 328 g/mol. The fraction of sp³-hybridized carbons (Fsp3) is 0.650. The zero-order valence-electron chi connectivity index (χ0n) is 16.1. The van der Waals surface area contributed by atoms with Crippen LogP contribution in [0.5, 0.6) is 0 Å². The molecule has 2 heterocycles. The van der Waals surface area contributed by atoms with Crippen molar-refractivity contribution >= 4 is 5.96 Å². The Labute approximate surface area is 157 Å². The topological polar surface area (TPSA) is 49.3 Å². The van der Waals surface area contributed by atoms with Crippen LogP contribution in [-0.2, 0) is 22.6 Å². The summed E-state index contributed by atoms with van der Waals surface area (Å²) in [5.74, 6) is 0.999. The Hall–Kier alpha value is -1.63. The monoisotopic (exact) mass is 360 g/mol. The fourth-order valence-corrected chi connectivity index (χ4v) is 3.66. The first-order valence-corrected chi connectivity index (χ1v) is 9.73. The van der Waals surface area contributed by atoms with Crippen molar-refractivity contribution in [1.29, 1.82) is 0 Å². The average Bonchev–Trinajstić information content (AvgIpc) is 3.18. The molecule has 0 amide bonds. The predicted octanol–water partition coefficient (Wildman–Crippen LogP) is 1.71. The summed E-state index contributed by atoms with van der Waals surface area (Å²) in [6.45, 7) is 10.2. The van der Waals surface area contributed by atoms with Gasteiger partial charge in [-0.3, -0.25) is 9.89 Å². The second-order valence-electron chi connectivity index (χ2n) is 6.89. The summed E-state index contributed by atoms with van der Waals surface area (Å²) in [7, 11) is 1.87. The third kappa shape index (κ3) is 5.19. The third-order valence-corrected chi connectivity index (χ3v) is 5.18. The van der Waals surface area contributed by atoms with Gasteiger partial charge in [0.1, 0.15) is 0 Å². The van der Waals surface area contributed by atoms with E-state index in [4.69, 9.17) is 9.47 Å². The second-order valence-corrected chi connectivity index (χ2v) is 6.89. The minimum Gasteiger partial charge on any atom is -0.379 e. The molecule has 2 fully saturated rings. The van der Waals surface area contributed by atoms with E-state index in [9.17, 15) is 0 Å². The molecule has 2 aliphatic rings. The molecule has 1 aromatic rings.